The minimum Gasteiger partial charge on any atom is -0.391 e. The number of rotatable bonds is 4. The van der Waals surface area contributed by atoms with Gasteiger partial charge in [0.1, 0.15) is 11.6 Å². The Morgan fingerprint density at radius 1 is 1.42 bits per heavy atom. The molecule has 0 spiro atoms. The second-order valence-corrected chi connectivity index (χ2v) is 6.90. The van der Waals surface area contributed by atoms with E-state index in [9.17, 15) is 15.2 Å². The molecule has 1 aliphatic rings. The van der Waals surface area contributed by atoms with Crippen molar-refractivity contribution in [1.29, 1.82) is 5.26 Å². The van der Waals surface area contributed by atoms with Crippen molar-refractivity contribution in [1.82, 2.24) is 4.90 Å². The molecule has 2 rings (SSSR count). The maximum Gasteiger partial charge on any atom is 0.264 e. The summed E-state index contributed by atoms with van der Waals surface area (Å²) in [6.45, 7) is 6.51. The van der Waals surface area contributed by atoms with Crippen molar-refractivity contribution in [2.24, 2.45) is 5.92 Å². The molecule has 1 aliphatic heterocycles. The summed E-state index contributed by atoms with van der Waals surface area (Å²) in [6.07, 6.45) is 3.20. The number of benzene rings is 1. The van der Waals surface area contributed by atoms with Crippen LogP contribution in [-0.4, -0.2) is 34.6 Å². The molecular weight excluding hydrogens is 300 g/mol. The SMILES string of the molecule is Cc1ccc(C[C@H]2[C@@H](O)CCCN2C(=O)/C(C#N)=C/C(C)C)cc1. The predicted molar refractivity (Wildman–Crippen MR) is 94.2 cm³/mol. The molecule has 1 aromatic rings. The van der Waals surface area contributed by atoms with Gasteiger partial charge in [0.05, 0.1) is 12.1 Å². The fourth-order valence-electron chi connectivity index (χ4n) is 3.15. The van der Waals surface area contributed by atoms with Crippen molar-refractivity contribution in [2.75, 3.05) is 6.54 Å². The average Bonchev–Trinajstić information content (AvgIpc) is 2.55. The van der Waals surface area contributed by atoms with Crippen LogP contribution in [0.3, 0.4) is 0 Å². The fraction of sp³-hybridized carbons (Fsp3) is 0.500. The molecule has 128 valence electrons. The van der Waals surface area contributed by atoms with E-state index in [1.54, 1.807) is 11.0 Å². The Morgan fingerprint density at radius 2 is 2.08 bits per heavy atom. The van der Waals surface area contributed by atoms with Gasteiger partial charge < -0.3 is 10.0 Å². The van der Waals surface area contributed by atoms with E-state index in [2.05, 4.69) is 0 Å². The number of hydrogen-bond donors (Lipinski definition) is 1. The largest absolute Gasteiger partial charge is 0.391 e. The molecule has 0 saturated carbocycles. The Hall–Kier alpha value is -2.12. The molecule has 4 heteroatoms. The van der Waals surface area contributed by atoms with Gasteiger partial charge in [-0.2, -0.15) is 5.26 Å². The van der Waals surface area contributed by atoms with Crippen LogP contribution in [0.5, 0.6) is 0 Å². The summed E-state index contributed by atoms with van der Waals surface area (Å²) in [5, 5.41) is 19.8. The third-order valence-electron chi connectivity index (χ3n) is 4.42. The molecule has 0 radical (unpaired) electrons. The number of aryl methyl sites for hydroxylation is 1. The van der Waals surface area contributed by atoms with E-state index in [1.807, 2.05) is 51.1 Å². The number of piperidine rings is 1. The first kappa shape index (κ1) is 18.2. The number of amides is 1. The van der Waals surface area contributed by atoms with Crippen LogP contribution in [0.4, 0.5) is 0 Å². The summed E-state index contributed by atoms with van der Waals surface area (Å²) in [5.74, 6) is -0.129. The zero-order chi connectivity index (χ0) is 17.7. The summed E-state index contributed by atoms with van der Waals surface area (Å²) >= 11 is 0. The molecular formula is C20H26N2O2. The van der Waals surface area contributed by atoms with Gasteiger partial charge in [-0.1, -0.05) is 49.8 Å². The van der Waals surface area contributed by atoms with Crippen LogP contribution in [-0.2, 0) is 11.2 Å². The highest BCUT2D eigenvalue weighted by Gasteiger charge is 2.34. The third kappa shape index (κ3) is 4.46. The van der Waals surface area contributed by atoms with E-state index in [4.69, 9.17) is 0 Å². The maximum atomic E-state index is 12.8. The van der Waals surface area contributed by atoms with Crippen molar-refractivity contribution >= 4 is 5.91 Å². The van der Waals surface area contributed by atoms with Gasteiger partial charge in [-0.05, 0) is 37.7 Å². The van der Waals surface area contributed by atoms with Gasteiger partial charge in [0.25, 0.3) is 5.91 Å². The lowest BCUT2D eigenvalue weighted by Gasteiger charge is -2.39. The molecule has 24 heavy (non-hydrogen) atoms. The predicted octanol–water partition coefficient (Wildman–Crippen LogP) is 3.00. The number of allylic oxidation sites excluding steroid dienone is 1. The van der Waals surface area contributed by atoms with Crippen molar-refractivity contribution in [3.63, 3.8) is 0 Å². The zero-order valence-corrected chi connectivity index (χ0v) is 14.7. The van der Waals surface area contributed by atoms with Gasteiger partial charge >= 0.3 is 0 Å². The molecule has 1 saturated heterocycles. The van der Waals surface area contributed by atoms with Crippen molar-refractivity contribution in [3.8, 4) is 6.07 Å². The molecule has 0 aliphatic carbocycles. The standard InChI is InChI=1S/C20H26N2O2/c1-14(2)11-17(13-21)20(24)22-10-4-5-19(23)18(22)12-16-8-6-15(3)7-9-16/h6-9,11,14,18-19,23H,4-5,10,12H2,1-3H3/b17-11+/t18-,19-/m0/s1. The minimum atomic E-state index is -0.553. The van der Waals surface area contributed by atoms with Crippen LogP contribution in [0.15, 0.2) is 35.9 Å². The normalized spacial score (nSPS) is 21.7. The second-order valence-electron chi connectivity index (χ2n) is 6.90. The van der Waals surface area contributed by atoms with Gasteiger partial charge in [-0.15, -0.1) is 0 Å². The van der Waals surface area contributed by atoms with E-state index < -0.39 is 6.10 Å². The Labute approximate surface area is 144 Å². The highest BCUT2D eigenvalue weighted by molar-refractivity contribution is 5.97. The Morgan fingerprint density at radius 3 is 2.67 bits per heavy atom. The summed E-state index contributed by atoms with van der Waals surface area (Å²) < 4.78 is 0. The van der Waals surface area contributed by atoms with Crippen LogP contribution in [0.25, 0.3) is 0 Å². The molecule has 4 nitrogen and oxygen atoms in total. The van der Waals surface area contributed by atoms with Crippen LogP contribution < -0.4 is 0 Å². The number of carbonyl (C=O) groups excluding carboxylic acids is 1. The molecule has 1 fully saturated rings. The third-order valence-corrected chi connectivity index (χ3v) is 4.42. The highest BCUT2D eigenvalue weighted by Crippen LogP contribution is 2.23. The molecule has 2 atom stereocenters. The minimum absolute atomic E-state index is 0.133. The second kappa shape index (κ2) is 8.12. The quantitative estimate of drug-likeness (QED) is 0.683. The summed E-state index contributed by atoms with van der Waals surface area (Å²) in [7, 11) is 0. The molecule has 1 heterocycles. The Kier molecular flexibility index (Phi) is 6.16. The van der Waals surface area contributed by atoms with Gasteiger partial charge in [0.2, 0.25) is 0 Å². The van der Waals surface area contributed by atoms with Gasteiger partial charge in [0, 0.05) is 6.54 Å². The fourth-order valence-corrected chi connectivity index (χ4v) is 3.15. The first-order valence-electron chi connectivity index (χ1n) is 8.59. The number of aliphatic hydroxyl groups excluding tert-OH is 1. The first-order chi connectivity index (χ1) is 11.4. The van der Waals surface area contributed by atoms with E-state index in [-0.39, 0.29) is 23.4 Å². The number of nitriles is 1. The van der Waals surface area contributed by atoms with Crippen molar-refractivity contribution < 1.29 is 9.90 Å². The summed E-state index contributed by atoms with van der Waals surface area (Å²) in [6, 6.07) is 9.89. The molecule has 1 aromatic carbocycles. The van der Waals surface area contributed by atoms with Crippen LogP contribution in [0.2, 0.25) is 0 Å². The lowest BCUT2D eigenvalue weighted by molar-refractivity contribution is -0.134. The lowest BCUT2D eigenvalue weighted by Crippen LogP contribution is -2.52. The monoisotopic (exact) mass is 326 g/mol. The zero-order valence-electron chi connectivity index (χ0n) is 14.7. The Balaban J connectivity index is 2.23. The molecule has 1 N–H and O–H groups in total. The van der Waals surface area contributed by atoms with Gasteiger partial charge in [-0.3, -0.25) is 4.79 Å². The number of carbonyl (C=O) groups is 1. The van der Waals surface area contributed by atoms with Gasteiger partial charge in [0.15, 0.2) is 0 Å². The smallest absolute Gasteiger partial charge is 0.264 e. The number of nitrogens with zero attached hydrogens (tertiary/aromatic N) is 2. The molecule has 0 unspecified atom stereocenters. The summed E-state index contributed by atoms with van der Waals surface area (Å²) in [5.41, 5.74) is 2.45. The van der Waals surface area contributed by atoms with Crippen LogP contribution in [0.1, 0.15) is 37.8 Å². The van der Waals surface area contributed by atoms with Crippen LogP contribution >= 0.6 is 0 Å². The van der Waals surface area contributed by atoms with E-state index in [0.29, 0.717) is 19.4 Å². The van der Waals surface area contributed by atoms with E-state index >= 15 is 0 Å². The topological polar surface area (TPSA) is 64.3 Å². The lowest BCUT2D eigenvalue weighted by atomic mass is 9.92. The molecule has 1 amide bonds. The number of hydrogen-bond acceptors (Lipinski definition) is 3. The highest BCUT2D eigenvalue weighted by atomic mass is 16.3. The van der Waals surface area contributed by atoms with Crippen LogP contribution in [0, 0.1) is 24.2 Å². The maximum absolute atomic E-state index is 12.8. The van der Waals surface area contributed by atoms with E-state index in [0.717, 1.165) is 12.0 Å². The van der Waals surface area contributed by atoms with E-state index in [1.165, 1.54) is 5.56 Å². The number of aliphatic hydroxyl groups is 1. The molecule has 0 aromatic heterocycles. The van der Waals surface area contributed by atoms with Crippen molar-refractivity contribution in [3.05, 3.63) is 47.0 Å². The first-order valence-corrected chi connectivity index (χ1v) is 8.59. The summed E-state index contributed by atoms with van der Waals surface area (Å²) in [4.78, 5) is 14.5. The van der Waals surface area contributed by atoms with Gasteiger partial charge in [-0.25, -0.2) is 0 Å². The molecule has 0 bridgehead atoms. The number of likely N-dealkylation sites (tertiary alicyclic amines) is 1. The Bertz CT molecular complexity index is 641. The average molecular weight is 326 g/mol. The van der Waals surface area contributed by atoms with Crippen molar-refractivity contribution in [2.45, 2.75) is 52.2 Å².